The fourth-order valence-electron chi connectivity index (χ4n) is 2.25. The van der Waals surface area contributed by atoms with Crippen molar-refractivity contribution in [3.8, 4) is 0 Å². The minimum absolute atomic E-state index is 0.155. The van der Waals surface area contributed by atoms with Gasteiger partial charge in [-0.05, 0) is 0 Å². The molecular formula is C16H25INO5S-. The fraction of sp³-hybridized carbons (Fsp3) is 0.625. The molecule has 2 rings (SSSR count). The van der Waals surface area contributed by atoms with Gasteiger partial charge in [0.15, 0.2) is 0 Å². The molecule has 1 N–H and O–H groups in total. The zero-order valence-electron chi connectivity index (χ0n) is 14.4. The first kappa shape index (κ1) is 20.1. The molecule has 2 atom stereocenters. The van der Waals surface area contributed by atoms with Gasteiger partial charge in [-0.3, -0.25) is 0 Å². The van der Waals surface area contributed by atoms with E-state index >= 15 is 0 Å². The number of aliphatic hydroxyl groups is 1. The zero-order chi connectivity index (χ0) is 18.0. The van der Waals surface area contributed by atoms with Crippen LogP contribution in [0.1, 0.15) is 32.8 Å². The van der Waals surface area contributed by atoms with Gasteiger partial charge in [-0.1, -0.05) is 0 Å². The normalized spacial score (nSPS) is 21.3. The second kappa shape index (κ2) is 7.96. The molecule has 138 valence electrons. The van der Waals surface area contributed by atoms with E-state index in [2.05, 4.69) is 0 Å². The average Bonchev–Trinajstić information content (AvgIpc) is 2.93. The van der Waals surface area contributed by atoms with Gasteiger partial charge in [-0.25, -0.2) is 0 Å². The monoisotopic (exact) mass is 470 g/mol. The van der Waals surface area contributed by atoms with Crippen LogP contribution < -0.4 is 21.6 Å². The number of alkyl halides is 1. The number of likely N-dealkylation sites (tertiary alicyclic amines) is 1. The fourth-order valence-corrected chi connectivity index (χ4v) is 6.51. The third-order valence-electron chi connectivity index (χ3n) is 3.49. The van der Waals surface area contributed by atoms with E-state index in [1.165, 1.54) is 0 Å². The third kappa shape index (κ3) is 5.92. The van der Waals surface area contributed by atoms with Crippen LogP contribution in [0.5, 0.6) is 0 Å². The van der Waals surface area contributed by atoms with Gasteiger partial charge in [-0.15, -0.1) is 0 Å². The van der Waals surface area contributed by atoms with Crippen LogP contribution >= 0.6 is 0 Å². The van der Waals surface area contributed by atoms with Gasteiger partial charge in [0.25, 0.3) is 0 Å². The van der Waals surface area contributed by atoms with E-state index < -0.39 is 43.8 Å². The van der Waals surface area contributed by atoms with Crippen molar-refractivity contribution in [1.82, 2.24) is 4.90 Å². The Balaban J connectivity index is 1.86. The molecular weight excluding hydrogens is 445 g/mol. The molecule has 0 spiro atoms. The SMILES string of the molecule is Cc1ccc(S(=O)(=O)O[I-][C@H]2CCN(C(O)OC(C)(C)C)C2)cc1. The molecule has 6 nitrogen and oxygen atoms in total. The van der Waals surface area contributed by atoms with Crippen molar-refractivity contribution < 1.29 is 42.4 Å². The predicted molar refractivity (Wildman–Crippen MR) is 86.3 cm³/mol. The maximum atomic E-state index is 12.2. The van der Waals surface area contributed by atoms with Crippen LogP contribution in [0.15, 0.2) is 29.2 Å². The molecule has 0 aliphatic carbocycles. The van der Waals surface area contributed by atoms with Gasteiger partial charge in [0.2, 0.25) is 0 Å². The Hall–Kier alpha value is -0.260. The van der Waals surface area contributed by atoms with E-state index in [0.29, 0.717) is 13.1 Å². The molecule has 8 heteroatoms. The summed E-state index contributed by atoms with van der Waals surface area (Å²) in [6.07, 6.45) is -0.158. The number of hydrogen-bond donors (Lipinski definition) is 1. The van der Waals surface area contributed by atoms with Gasteiger partial charge < -0.3 is 0 Å². The number of nitrogens with zero attached hydrogens (tertiary/aromatic N) is 1. The topological polar surface area (TPSA) is 76.1 Å². The van der Waals surface area contributed by atoms with Crippen molar-refractivity contribution in [2.75, 3.05) is 13.1 Å². The number of halogens is 1. The van der Waals surface area contributed by atoms with Crippen molar-refractivity contribution in [3.05, 3.63) is 29.8 Å². The molecule has 1 aliphatic rings. The minimum atomic E-state index is -3.69. The molecule has 1 aromatic rings. The molecule has 0 aromatic heterocycles. The third-order valence-corrected chi connectivity index (χ3v) is 8.36. The van der Waals surface area contributed by atoms with Crippen LogP contribution in [-0.2, 0) is 17.4 Å². The summed E-state index contributed by atoms with van der Waals surface area (Å²) in [5.41, 5.74) is 0.570. The van der Waals surface area contributed by atoms with Crippen molar-refractivity contribution in [1.29, 1.82) is 0 Å². The Bertz CT molecular complexity index is 641. The van der Waals surface area contributed by atoms with E-state index in [1.807, 2.05) is 32.6 Å². The second-order valence-electron chi connectivity index (χ2n) is 6.86. The Labute approximate surface area is 155 Å². The standard InChI is InChI=1S/C16H25INO5S/c1-12-5-7-14(8-6-12)24(20,21)23-17-13-9-10-18(11-13)15(19)22-16(2,3)4/h5-8,13,15,19H,9-11H2,1-4H3/q-1/t13-,15?/m0/s1. The van der Waals surface area contributed by atoms with Crippen LogP contribution in [0.3, 0.4) is 0 Å². The summed E-state index contributed by atoms with van der Waals surface area (Å²) in [4.78, 5) is 2.01. The van der Waals surface area contributed by atoms with E-state index in [1.54, 1.807) is 24.3 Å². The number of hydrogen-bond acceptors (Lipinski definition) is 6. The summed E-state index contributed by atoms with van der Waals surface area (Å²) in [7, 11) is -3.69. The summed E-state index contributed by atoms with van der Waals surface area (Å²) in [5, 5.41) is 10.1. The first-order valence-corrected chi connectivity index (χ1v) is 11.3. The van der Waals surface area contributed by atoms with Crippen LogP contribution in [0.4, 0.5) is 0 Å². The summed E-state index contributed by atoms with van der Waals surface area (Å²) in [5.74, 6) is 0. The van der Waals surface area contributed by atoms with E-state index in [9.17, 15) is 13.5 Å². The van der Waals surface area contributed by atoms with E-state index in [-0.39, 0.29) is 8.82 Å². The molecule has 0 bridgehead atoms. The Morgan fingerprint density at radius 1 is 1.29 bits per heavy atom. The quantitative estimate of drug-likeness (QED) is 0.322. The summed E-state index contributed by atoms with van der Waals surface area (Å²) in [6.45, 7) is 8.82. The molecule has 1 aliphatic heterocycles. The molecule has 0 saturated carbocycles. The van der Waals surface area contributed by atoms with Gasteiger partial charge in [0.1, 0.15) is 0 Å². The summed E-state index contributed by atoms with van der Waals surface area (Å²) >= 11 is -0.985. The molecule has 0 radical (unpaired) electrons. The molecule has 1 heterocycles. The van der Waals surface area contributed by atoms with Crippen LogP contribution in [0.2, 0.25) is 0 Å². The predicted octanol–water partition coefficient (Wildman–Crippen LogP) is -1.13. The van der Waals surface area contributed by atoms with E-state index in [0.717, 1.165) is 12.0 Å². The van der Waals surface area contributed by atoms with Crippen LogP contribution in [0.25, 0.3) is 0 Å². The molecule has 1 unspecified atom stereocenters. The molecule has 1 aromatic carbocycles. The van der Waals surface area contributed by atoms with E-state index in [4.69, 9.17) is 7.25 Å². The number of aryl methyl sites for hydroxylation is 1. The Kier molecular flexibility index (Phi) is 6.65. The molecule has 1 fully saturated rings. The zero-order valence-corrected chi connectivity index (χ0v) is 17.4. The van der Waals surface area contributed by atoms with Gasteiger partial charge in [0.05, 0.1) is 0 Å². The number of rotatable bonds is 6. The Morgan fingerprint density at radius 3 is 2.50 bits per heavy atom. The summed E-state index contributed by atoms with van der Waals surface area (Å²) in [6, 6.07) is 6.64. The van der Waals surface area contributed by atoms with Gasteiger partial charge in [-0.2, -0.15) is 0 Å². The number of aliphatic hydroxyl groups excluding tert-OH is 1. The van der Waals surface area contributed by atoms with Crippen molar-refractivity contribution in [2.45, 2.75) is 55.0 Å². The van der Waals surface area contributed by atoms with Crippen molar-refractivity contribution in [3.63, 3.8) is 0 Å². The van der Waals surface area contributed by atoms with Crippen molar-refractivity contribution in [2.24, 2.45) is 0 Å². The first-order valence-electron chi connectivity index (χ1n) is 7.80. The van der Waals surface area contributed by atoms with Crippen LogP contribution in [0, 0.1) is 6.92 Å². The Morgan fingerprint density at radius 2 is 1.92 bits per heavy atom. The first-order chi connectivity index (χ1) is 11.1. The molecule has 1 saturated heterocycles. The maximum absolute atomic E-state index is 12.2. The molecule has 0 amide bonds. The van der Waals surface area contributed by atoms with Crippen LogP contribution in [-0.4, -0.2) is 47.5 Å². The number of ether oxygens (including phenoxy) is 1. The summed E-state index contributed by atoms with van der Waals surface area (Å²) < 4.78 is 35.4. The number of benzene rings is 1. The van der Waals surface area contributed by atoms with Gasteiger partial charge >= 0.3 is 155 Å². The van der Waals surface area contributed by atoms with Gasteiger partial charge in [0, 0.05) is 0 Å². The second-order valence-corrected chi connectivity index (χ2v) is 11.7. The molecule has 24 heavy (non-hydrogen) atoms. The van der Waals surface area contributed by atoms with Crippen molar-refractivity contribution >= 4 is 10.1 Å². The average molecular weight is 470 g/mol.